The fraction of sp³-hybridized carbons (Fsp3) is 0.0909. The molecule has 0 bridgehead atoms. The maximum atomic E-state index is 11.1. The minimum atomic E-state index is -0.294. The highest BCUT2D eigenvalue weighted by molar-refractivity contribution is 7.16. The lowest BCUT2D eigenvalue weighted by Gasteiger charge is -1.95. The number of benzene rings is 1. The highest BCUT2D eigenvalue weighted by Gasteiger charge is 2.08. The van der Waals surface area contributed by atoms with Crippen LogP contribution < -0.4 is 10.7 Å². The molecule has 0 fully saturated rings. The third kappa shape index (κ3) is 1.62. The molecular weight excluding hydrogens is 238 g/mol. The number of rotatable bonds is 1. The van der Waals surface area contributed by atoms with Crippen LogP contribution in [0.1, 0.15) is 0 Å². The van der Waals surface area contributed by atoms with Crippen molar-refractivity contribution in [2.45, 2.75) is 0 Å². The topological polar surface area (TPSA) is 74.0 Å². The van der Waals surface area contributed by atoms with Crippen molar-refractivity contribution in [3.8, 4) is 11.3 Å². The summed E-state index contributed by atoms with van der Waals surface area (Å²) in [6.07, 6.45) is 0. The normalized spacial score (nSPS) is 11.1. The Hall–Kier alpha value is -2.08. The fourth-order valence-corrected chi connectivity index (χ4v) is 2.36. The van der Waals surface area contributed by atoms with Gasteiger partial charge in [0.2, 0.25) is 0 Å². The van der Waals surface area contributed by atoms with Gasteiger partial charge in [-0.05, 0) is 18.2 Å². The maximum Gasteiger partial charge on any atom is 0.396 e. The molecule has 0 radical (unpaired) electrons. The Morgan fingerprint density at radius 1 is 1.41 bits per heavy atom. The SMILES string of the molecule is Cn1nc(-c2ccc3oc(=O)sc3c2)cc1N. The zero-order valence-corrected chi connectivity index (χ0v) is 9.82. The summed E-state index contributed by atoms with van der Waals surface area (Å²) < 4.78 is 7.43. The van der Waals surface area contributed by atoms with E-state index in [1.54, 1.807) is 23.9 Å². The van der Waals surface area contributed by atoms with Gasteiger partial charge < -0.3 is 10.2 Å². The summed E-state index contributed by atoms with van der Waals surface area (Å²) in [5.41, 5.74) is 8.04. The minimum absolute atomic E-state index is 0.294. The summed E-state index contributed by atoms with van der Waals surface area (Å²) in [6.45, 7) is 0. The highest BCUT2D eigenvalue weighted by atomic mass is 32.1. The molecule has 5 nitrogen and oxygen atoms in total. The Morgan fingerprint density at radius 2 is 2.24 bits per heavy atom. The zero-order valence-electron chi connectivity index (χ0n) is 9.01. The third-order valence-corrected chi connectivity index (χ3v) is 3.33. The van der Waals surface area contributed by atoms with E-state index in [-0.39, 0.29) is 4.94 Å². The first kappa shape index (κ1) is 10.1. The van der Waals surface area contributed by atoms with Gasteiger partial charge in [0.05, 0.1) is 10.4 Å². The molecule has 0 spiro atoms. The number of aromatic nitrogens is 2. The second-order valence-corrected chi connectivity index (χ2v) is 4.67. The molecule has 2 N–H and O–H groups in total. The molecule has 17 heavy (non-hydrogen) atoms. The van der Waals surface area contributed by atoms with E-state index >= 15 is 0 Å². The molecule has 3 aromatic rings. The van der Waals surface area contributed by atoms with Gasteiger partial charge >= 0.3 is 4.94 Å². The van der Waals surface area contributed by atoms with Crippen molar-refractivity contribution in [3.05, 3.63) is 34.0 Å². The van der Waals surface area contributed by atoms with Crippen LogP contribution in [0.15, 0.2) is 33.5 Å². The van der Waals surface area contributed by atoms with E-state index in [1.807, 2.05) is 12.1 Å². The summed E-state index contributed by atoms with van der Waals surface area (Å²) in [6, 6.07) is 7.31. The molecule has 0 atom stereocenters. The van der Waals surface area contributed by atoms with Gasteiger partial charge in [-0.1, -0.05) is 11.3 Å². The van der Waals surface area contributed by atoms with E-state index in [2.05, 4.69) is 5.10 Å². The second kappa shape index (κ2) is 3.46. The standard InChI is InChI=1S/C11H9N3O2S/c1-14-10(12)5-7(13-14)6-2-3-8-9(4-6)17-11(15)16-8/h2-5H,12H2,1H3. The second-order valence-electron chi connectivity index (χ2n) is 3.69. The number of anilines is 1. The van der Waals surface area contributed by atoms with Gasteiger partial charge in [-0.25, -0.2) is 4.79 Å². The molecule has 0 aliphatic rings. The lowest BCUT2D eigenvalue weighted by atomic mass is 10.1. The number of aryl methyl sites for hydroxylation is 1. The van der Waals surface area contributed by atoms with Crippen LogP contribution in [0.25, 0.3) is 21.5 Å². The van der Waals surface area contributed by atoms with Gasteiger partial charge in [0.25, 0.3) is 0 Å². The Labute approximate surface area is 100 Å². The van der Waals surface area contributed by atoms with E-state index in [1.165, 1.54) is 0 Å². The predicted octanol–water partition coefficient (Wildman–Crippen LogP) is 1.84. The number of nitrogens with zero attached hydrogens (tertiary/aromatic N) is 2. The van der Waals surface area contributed by atoms with Crippen molar-refractivity contribution in [2.24, 2.45) is 7.05 Å². The highest BCUT2D eigenvalue weighted by Crippen LogP contribution is 2.25. The summed E-state index contributed by atoms with van der Waals surface area (Å²) in [4.78, 5) is 10.8. The van der Waals surface area contributed by atoms with Crippen LogP contribution in [-0.4, -0.2) is 9.78 Å². The number of nitrogen functional groups attached to an aromatic ring is 1. The van der Waals surface area contributed by atoms with E-state index in [0.717, 1.165) is 27.3 Å². The molecule has 0 aliphatic carbocycles. The Morgan fingerprint density at radius 3 is 2.94 bits per heavy atom. The first-order valence-corrected chi connectivity index (χ1v) is 5.79. The van der Waals surface area contributed by atoms with Crippen LogP contribution in [0, 0.1) is 0 Å². The van der Waals surface area contributed by atoms with E-state index in [0.29, 0.717) is 11.4 Å². The van der Waals surface area contributed by atoms with Crippen LogP contribution >= 0.6 is 11.3 Å². The summed E-state index contributed by atoms with van der Waals surface area (Å²) >= 11 is 1.08. The fourth-order valence-electron chi connectivity index (χ4n) is 1.65. The Bertz CT molecular complexity index is 734. The largest absolute Gasteiger partial charge is 0.414 e. The average Bonchev–Trinajstić information content (AvgIpc) is 2.80. The number of hydrogen-bond acceptors (Lipinski definition) is 5. The molecule has 6 heteroatoms. The molecule has 3 rings (SSSR count). The predicted molar refractivity (Wildman–Crippen MR) is 67.0 cm³/mol. The smallest absolute Gasteiger partial charge is 0.396 e. The van der Waals surface area contributed by atoms with Gasteiger partial charge in [0.15, 0.2) is 0 Å². The Balaban J connectivity index is 2.20. The molecule has 0 unspecified atom stereocenters. The van der Waals surface area contributed by atoms with Crippen molar-refractivity contribution in [1.29, 1.82) is 0 Å². The number of hydrogen-bond donors (Lipinski definition) is 1. The van der Waals surface area contributed by atoms with Gasteiger partial charge in [0, 0.05) is 18.7 Å². The van der Waals surface area contributed by atoms with Crippen molar-refractivity contribution in [2.75, 3.05) is 5.73 Å². The monoisotopic (exact) mass is 247 g/mol. The van der Waals surface area contributed by atoms with Crippen molar-refractivity contribution in [3.63, 3.8) is 0 Å². The molecular formula is C11H9N3O2S. The van der Waals surface area contributed by atoms with Crippen LogP contribution in [-0.2, 0) is 7.05 Å². The van der Waals surface area contributed by atoms with Crippen molar-refractivity contribution in [1.82, 2.24) is 9.78 Å². The van der Waals surface area contributed by atoms with Gasteiger partial charge in [0.1, 0.15) is 11.4 Å². The van der Waals surface area contributed by atoms with Crippen LogP contribution in [0.5, 0.6) is 0 Å². The molecule has 2 aromatic heterocycles. The van der Waals surface area contributed by atoms with E-state index in [4.69, 9.17) is 10.2 Å². The number of fused-ring (bicyclic) bond motifs is 1. The van der Waals surface area contributed by atoms with Gasteiger partial charge in [-0.3, -0.25) is 4.68 Å². The summed E-state index contributed by atoms with van der Waals surface area (Å²) in [5, 5.41) is 4.28. The minimum Gasteiger partial charge on any atom is -0.414 e. The maximum absolute atomic E-state index is 11.1. The first-order chi connectivity index (χ1) is 8.13. The van der Waals surface area contributed by atoms with Crippen molar-refractivity contribution < 1.29 is 4.42 Å². The summed E-state index contributed by atoms with van der Waals surface area (Å²) in [7, 11) is 1.79. The molecule has 86 valence electrons. The molecule has 0 saturated carbocycles. The van der Waals surface area contributed by atoms with Crippen LogP contribution in [0.4, 0.5) is 5.82 Å². The van der Waals surface area contributed by atoms with E-state index < -0.39 is 0 Å². The lowest BCUT2D eigenvalue weighted by Crippen LogP contribution is -1.96. The molecule has 0 aliphatic heterocycles. The zero-order chi connectivity index (χ0) is 12.0. The first-order valence-electron chi connectivity index (χ1n) is 4.97. The third-order valence-electron chi connectivity index (χ3n) is 2.54. The van der Waals surface area contributed by atoms with Crippen LogP contribution in [0.3, 0.4) is 0 Å². The lowest BCUT2D eigenvalue weighted by molar-refractivity contribution is 0.585. The molecule has 2 heterocycles. The number of nitrogens with two attached hydrogens (primary N) is 1. The quantitative estimate of drug-likeness (QED) is 0.712. The summed E-state index contributed by atoms with van der Waals surface area (Å²) in [5.74, 6) is 0.598. The molecule has 0 saturated heterocycles. The van der Waals surface area contributed by atoms with Gasteiger partial charge in [-0.2, -0.15) is 5.10 Å². The van der Waals surface area contributed by atoms with Gasteiger partial charge in [-0.15, -0.1) is 0 Å². The Kier molecular flexibility index (Phi) is 2.05. The van der Waals surface area contributed by atoms with E-state index in [9.17, 15) is 4.79 Å². The van der Waals surface area contributed by atoms with Crippen molar-refractivity contribution >= 4 is 27.4 Å². The molecule has 0 amide bonds. The van der Waals surface area contributed by atoms with Crippen LogP contribution in [0.2, 0.25) is 0 Å². The molecule has 1 aromatic carbocycles. The average molecular weight is 247 g/mol.